The van der Waals surface area contributed by atoms with E-state index in [1.165, 1.54) is 24.2 Å². The van der Waals surface area contributed by atoms with Crippen LogP contribution < -0.4 is 4.90 Å². The highest BCUT2D eigenvalue weighted by Gasteiger charge is 2.28. The maximum atomic E-state index is 11.7. The van der Waals surface area contributed by atoms with E-state index in [4.69, 9.17) is 16.3 Å². The van der Waals surface area contributed by atoms with Gasteiger partial charge in [0.05, 0.1) is 11.5 Å². The number of ether oxygens (including phenoxy) is 1. The standard InChI is InChI=1S/C11H14ClN3O4/c1-4-19-11(16)7(2)14(3)9-8(15(17)18)5-6-13-10(9)12/h5-7H,4H2,1-3H3. The Labute approximate surface area is 115 Å². The number of esters is 1. The summed E-state index contributed by atoms with van der Waals surface area (Å²) >= 11 is 5.88. The van der Waals surface area contributed by atoms with E-state index in [2.05, 4.69) is 4.98 Å². The fraction of sp³-hybridized carbons (Fsp3) is 0.455. The van der Waals surface area contributed by atoms with E-state index in [0.717, 1.165) is 0 Å². The van der Waals surface area contributed by atoms with Crippen molar-refractivity contribution in [1.29, 1.82) is 0 Å². The van der Waals surface area contributed by atoms with Crippen LogP contribution in [0.3, 0.4) is 0 Å². The lowest BCUT2D eigenvalue weighted by Crippen LogP contribution is -2.37. The van der Waals surface area contributed by atoms with Crippen LogP contribution in [0, 0.1) is 10.1 Å². The van der Waals surface area contributed by atoms with Crippen molar-refractivity contribution in [3.8, 4) is 0 Å². The number of pyridine rings is 1. The van der Waals surface area contributed by atoms with Gasteiger partial charge in [0, 0.05) is 19.3 Å². The van der Waals surface area contributed by atoms with Gasteiger partial charge in [-0.25, -0.2) is 9.78 Å². The number of nitro groups is 1. The van der Waals surface area contributed by atoms with Gasteiger partial charge in [-0.1, -0.05) is 11.6 Å². The molecule has 0 aliphatic heterocycles. The van der Waals surface area contributed by atoms with Crippen LogP contribution in [0.25, 0.3) is 0 Å². The number of likely N-dealkylation sites (N-methyl/N-ethyl adjacent to an activating group) is 1. The smallest absolute Gasteiger partial charge is 0.328 e. The van der Waals surface area contributed by atoms with E-state index in [-0.39, 0.29) is 23.1 Å². The first-order valence-corrected chi connectivity index (χ1v) is 5.96. The molecule has 0 bridgehead atoms. The van der Waals surface area contributed by atoms with Crippen LogP contribution in [0.2, 0.25) is 5.15 Å². The van der Waals surface area contributed by atoms with Crippen molar-refractivity contribution in [2.75, 3.05) is 18.6 Å². The first kappa shape index (κ1) is 15.2. The third-order valence-electron chi connectivity index (χ3n) is 2.62. The van der Waals surface area contributed by atoms with Gasteiger partial charge < -0.3 is 9.64 Å². The average molecular weight is 288 g/mol. The third kappa shape index (κ3) is 3.31. The van der Waals surface area contributed by atoms with E-state index >= 15 is 0 Å². The van der Waals surface area contributed by atoms with Crippen molar-refractivity contribution >= 4 is 28.9 Å². The SMILES string of the molecule is CCOC(=O)C(C)N(C)c1c([N+](=O)[O-])ccnc1Cl. The summed E-state index contributed by atoms with van der Waals surface area (Å²) in [6.45, 7) is 3.50. The maximum absolute atomic E-state index is 11.7. The molecule has 1 aromatic heterocycles. The number of anilines is 1. The maximum Gasteiger partial charge on any atom is 0.328 e. The first-order chi connectivity index (χ1) is 8.90. The van der Waals surface area contributed by atoms with Gasteiger partial charge in [0.1, 0.15) is 6.04 Å². The second-order valence-corrected chi connectivity index (χ2v) is 4.12. The molecule has 0 saturated heterocycles. The topological polar surface area (TPSA) is 85.6 Å². The number of hydrogen-bond donors (Lipinski definition) is 0. The summed E-state index contributed by atoms with van der Waals surface area (Å²) in [4.78, 5) is 27.2. The predicted molar refractivity (Wildman–Crippen MR) is 70.4 cm³/mol. The molecule has 8 heteroatoms. The molecular formula is C11H14ClN3O4. The third-order valence-corrected chi connectivity index (χ3v) is 2.89. The van der Waals surface area contributed by atoms with Crippen molar-refractivity contribution in [2.45, 2.75) is 19.9 Å². The van der Waals surface area contributed by atoms with E-state index in [0.29, 0.717) is 0 Å². The molecule has 1 aromatic rings. The number of halogens is 1. The fourth-order valence-corrected chi connectivity index (χ4v) is 1.79. The lowest BCUT2D eigenvalue weighted by Gasteiger charge is -2.25. The van der Waals surface area contributed by atoms with Crippen LogP contribution in [0.1, 0.15) is 13.8 Å². The molecule has 0 radical (unpaired) electrons. The molecule has 0 aromatic carbocycles. The molecule has 7 nitrogen and oxygen atoms in total. The summed E-state index contributed by atoms with van der Waals surface area (Å²) in [6.07, 6.45) is 1.24. The summed E-state index contributed by atoms with van der Waals surface area (Å²) in [5.41, 5.74) is -0.117. The molecule has 19 heavy (non-hydrogen) atoms. The molecule has 0 spiro atoms. The zero-order chi connectivity index (χ0) is 14.6. The summed E-state index contributed by atoms with van der Waals surface area (Å²) in [5, 5.41) is 10.9. The second-order valence-electron chi connectivity index (χ2n) is 3.77. The van der Waals surface area contributed by atoms with Crippen molar-refractivity contribution in [3.63, 3.8) is 0 Å². The lowest BCUT2D eigenvalue weighted by atomic mass is 10.2. The van der Waals surface area contributed by atoms with Crippen LogP contribution in [-0.2, 0) is 9.53 Å². The Morgan fingerprint density at radius 1 is 1.68 bits per heavy atom. The van der Waals surface area contributed by atoms with Gasteiger partial charge in [0.2, 0.25) is 0 Å². The van der Waals surface area contributed by atoms with Gasteiger partial charge in [-0.2, -0.15) is 0 Å². The van der Waals surface area contributed by atoms with Gasteiger partial charge in [0.25, 0.3) is 5.69 Å². The minimum Gasteiger partial charge on any atom is -0.464 e. The Morgan fingerprint density at radius 2 is 2.32 bits per heavy atom. The monoisotopic (exact) mass is 287 g/mol. The highest BCUT2D eigenvalue weighted by Crippen LogP contribution is 2.34. The zero-order valence-corrected chi connectivity index (χ0v) is 11.5. The number of aromatic nitrogens is 1. The largest absolute Gasteiger partial charge is 0.464 e. The molecule has 0 amide bonds. The van der Waals surface area contributed by atoms with Crippen LogP contribution in [0.5, 0.6) is 0 Å². The predicted octanol–water partition coefficient (Wildman–Crippen LogP) is 2.03. The molecule has 104 valence electrons. The second kappa shape index (κ2) is 6.33. The number of rotatable bonds is 5. The highest BCUT2D eigenvalue weighted by atomic mass is 35.5. The van der Waals surface area contributed by atoms with Crippen LogP contribution in [0.15, 0.2) is 12.3 Å². The van der Waals surface area contributed by atoms with E-state index in [1.807, 2.05) is 0 Å². The summed E-state index contributed by atoms with van der Waals surface area (Å²) < 4.78 is 4.87. The van der Waals surface area contributed by atoms with Gasteiger partial charge >= 0.3 is 5.97 Å². The molecule has 0 fully saturated rings. The lowest BCUT2D eigenvalue weighted by molar-refractivity contribution is -0.384. The molecule has 0 saturated carbocycles. The fourth-order valence-electron chi connectivity index (χ4n) is 1.51. The molecule has 0 N–H and O–H groups in total. The minimum absolute atomic E-state index is 0.0344. The number of hydrogen-bond acceptors (Lipinski definition) is 6. The van der Waals surface area contributed by atoms with Crippen molar-refractivity contribution in [3.05, 3.63) is 27.5 Å². The van der Waals surface area contributed by atoms with Crippen molar-refractivity contribution in [1.82, 2.24) is 4.98 Å². The van der Waals surface area contributed by atoms with E-state index < -0.39 is 16.9 Å². The van der Waals surface area contributed by atoms with Gasteiger partial charge in [-0.3, -0.25) is 10.1 Å². The molecule has 1 heterocycles. The number of carbonyl (C=O) groups excluding carboxylic acids is 1. The van der Waals surface area contributed by atoms with Crippen LogP contribution >= 0.6 is 11.6 Å². The average Bonchev–Trinajstić information content (AvgIpc) is 2.36. The van der Waals surface area contributed by atoms with Crippen LogP contribution in [0.4, 0.5) is 11.4 Å². The van der Waals surface area contributed by atoms with Crippen LogP contribution in [-0.4, -0.2) is 35.6 Å². The Morgan fingerprint density at radius 3 is 2.84 bits per heavy atom. The zero-order valence-electron chi connectivity index (χ0n) is 10.8. The number of carbonyl (C=O) groups is 1. The van der Waals surface area contributed by atoms with E-state index in [1.54, 1.807) is 13.8 Å². The molecular weight excluding hydrogens is 274 g/mol. The highest BCUT2D eigenvalue weighted by molar-refractivity contribution is 6.32. The quantitative estimate of drug-likeness (QED) is 0.356. The van der Waals surface area contributed by atoms with Gasteiger partial charge in [-0.05, 0) is 13.8 Å². The summed E-state index contributed by atoms with van der Waals surface area (Å²) in [6, 6.07) is 0.524. The summed E-state index contributed by atoms with van der Waals surface area (Å²) in [5.74, 6) is -0.487. The Balaban J connectivity index is 3.15. The molecule has 1 atom stereocenters. The molecule has 0 aliphatic rings. The van der Waals surface area contributed by atoms with Crippen molar-refractivity contribution in [2.24, 2.45) is 0 Å². The number of nitrogens with zero attached hydrogens (tertiary/aromatic N) is 3. The Hall–Kier alpha value is -1.89. The Kier molecular flexibility index (Phi) is 5.05. The summed E-state index contributed by atoms with van der Waals surface area (Å²) in [7, 11) is 1.53. The molecule has 1 rings (SSSR count). The minimum atomic E-state index is -0.708. The first-order valence-electron chi connectivity index (χ1n) is 5.58. The Bertz CT molecular complexity index is 495. The van der Waals surface area contributed by atoms with E-state index in [9.17, 15) is 14.9 Å². The van der Waals surface area contributed by atoms with Gasteiger partial charge in [0.15, 0.2) is 10.8 Å². The molecule has 0 aliphatic carbocycles. The normalized spacial score (nSPS) is 11.8. The van der Waals surface area contributed by atoms with Gasteiger partial charge in [-0.15, -0.1) is 0 Å². The molecule has 1 unspecified atom stereocenters. The van der Waals surface area contributed by atoms with Crippen molar-refractivity contribution < 1.29 is 14.5 Å².